The lowest BCUT2D eigenvalue weighted by Crippen LogP contribution is -2.52. The molecular formula is C15H18BrClN2O3S. The summed E-state index contributed by atoms with van der Waals surface area (Å²) in [7, 11) is -3.18. The number of carbonyl (C=O) groups excluding carboxylic acids is 1. The molecule has 3 rings (SSSR count). The van der Waals surface area contributed by atoms with E-state index >= 15 is 0 Å². The number of carbonyl (C=O) groups is 1. The fraction of sp³-hybridized carbons (Fsp3) is 0.533. The molecule has 2 aliphatic heterocycles. The Morgan fingerprint density at radius 2 is 1.91 bits per heavy atom. The van der Waals surface area contributed by atoms with E-state index in [0.29, 0.717) is 23.4 Å². The van der Waals surface area contributed by atoms with Gasteiger partial charge in [0, 0.05) is 22.6 Å². The summed E-state index contributed by atoms with van der Waals surface area (Å²) in [4.78, 5) is 12.4. The molecule has 1 aromatic carbocycles. The number of sulfonamides is 1. The van der Waals surface area contributed by atoms with Crippen molar-refractivity contribution in [3.8, 4) is 0 Å². The highest BCUT2D eigenvalue weighted by atomic mass is 79.9. The Labute approximate surface area is 149 Å². The summed E-state index contributed by atoms with van der Waals surface area (Å²) in [5.74, 6) is -0.214. The van der Waals surface area contributed by atoms with Gasteiger partial charge in [-0.1, -0.05) is 27.5 Å². The largest absolute Gasteiger partial charge is 0.349 e. The molecule has 2 heterocycles. The second-order valence-corrected chi connectivity index (χ2v) is 9.45. The number of piperidine rings is 1. The van der Waals surface area contributed by atoms with E-state index in [-0.39, 0.29) is 24.0 Å². The SMILES string of the molecule is CS(=O)(=O)N1C2CCC1CC(NC(=O)c1cc(Br)ccc1Cl)C2. The van der Waals surface area contributed by atoms with Crippen molar-refractivity contribution in [2.24, 2.45) is 0 Å². The van der Waals surface area contributed by atoms with E-state index in [1.165, 1.54) is 6.26 Å². The standard InChI is InChI=1S/C15H18BrClN2O3S/c1-23(21,22)19-11-3-4-12(19)8-10(7-11)18-15(20)13-6-9(16)2-5-14(13)17/h2,5-6,10-12H,3-4,7-8H2,1H3,(H,18,20). The highest BCUT2D eigenvalue weighted by molar-refractivity contribution is 9.10. The minimum absolute atomic E-state index is 0.00738. The van der Waals surface area contributed by atoms with Crippen LogP contribution < -0.4 is 5.32 Å². The first-order valence-corrected chi connectivity index (χ1v) is 10.5. The third-order valence-electron chi connectivity index (χ3n) is 4.56. The molecule has 0 spiro atoms. The fourth-order valence-corrected chi connectivity index (χ4v) is 5.76. The van der Waals surface area contributed by atoms with E-state index in [4.69, 9.17) is 11.6 Å². The van der Waals surface area contributed by atoms with Crippen molar-refractivity contribution in [1.29, 1.82) is 0 Å². The number of benzene rings is 1. The number of halogens is 2. The molecule has 8 heteroatoms. The van der Waals surface area contributed by atoms with Gasteiger partial charge in [0.1, 0.15) is 0 Å². The molecule has 5 nitrogen and oxygen atoms in total. The maximum Gasteiger partial charge on any atom is 0.253 e. The van der Waals surface area contributed by atoms with Crippen LogP contribution in [-0.2, 0) is 10.0 Å². The second-order valence-electron chi connectivity index (χ2n) is 6.24. The zero-order valence-electron chi connectivity index (χ0n) is 12.6. The first-order valence-electron chi connectivity index (χ1n) is 7.50. The molecule has 23 heavy (non-hydrogen) atoms. The third kappa shape index (κ3) is 3.57. The molecule has 1 amide bonds. The lowest BCUT2D eigenvalue weighted by molar-refractivity contribution is 0.0909. The summed E-state index contributed by atoms with van der Waals surface area (Å²) >= 11 is 9.43. The molecule has 0 aromatic heterocycles. The number of nitrogens with one attached hydrogen (secondary N) is 1. The molecule has 2 unspecified atom stereocenters. The van der Waals surface area contributed by atoms with Crippen LogP contribution in [0.2, 0.25) is 5.02 Å². The maximum absolute atomic E-state index is 12.4. The van der Waals surface area contributed by atoms with Crippen LogP contribution in [0.3, 0.4) is 0 Å². The first-order chi connectivity index (χ1) is 10.8. The molecule has 1 N–H and O–H groups in total. The molecule has 2 aliphatic rings. The van der Waals surface area contributed by atoms with E-state index in [0.717, 1.165) is 17.3 Å². The van der Waals surface area contributed by atoms with E-state index in [2.05, 4.69) is 21.2 Å². The molecule has 0 saturated carbocycles. The van der Waals surface area contributed by atoms with Gasteiger partial charge in [0.25, 0.3) is 5.91 Å². The van der Waals surface area contributed by atoms with Gasteiger partial charge < -0.3 is 5.32 Å². The Bertz CT molecular complexity index is 726. The van der Waals surface area contributed by atoms with Crippen molar-refractivity contribution in [3.05, 3.63) is 33.3 Å². The summed E-state index contributed by atoms with van der Waals surface area (Å²) < 4.78 is 26.2. The van der Waals surface area contributed by atoms with Gasteiger partial charge in [0.05, 0.1) is 16.8 Å². The Balaban J connectivity index is 1.71. The molecule has 126 valence electrons. The van der Waals surface area contributed by atoms with Crippen LogP contribution in [0.5, 0.6) is 0 Å². The minimum Gasteiger partial charge on any atom is -0.349 e. The van der Waals surface area contributed by atoms with E-state index < -0.39 is 10.0 Å². The van der Waals surface area contributed by atoms with Gasteiger partial charge in [0.2, 0.25) is 10.0 Å². The number of fused-ring (bicyclic) bond motifs is 2. The fourth-order valence-electron chi connectivity index (χ4n) is 3.73. The van der Waals surface area contributed by atoms with Crippen LogP contribution in [0.4, 0.5) is 0 Å². The third-order valence-corrected chi connectivity index (χ3v) is 6.74. The van der Waals surface area contributed by atoms with Crippen molar-refractivity contribution in [3.63, 3.8) is 0 Å². The lowest BCUT2D eigenvalue weighted by Gasteiger charge is -2.37. The van der Waals surface area contributed by atoms with Crippen molar-refractivity contribution in [2.45, 2.75) is 43.8 Å². The normalized spacial score (nSPS) is 27.9. The Morgan fingerprint density at radius 3 is 2.48 bits per heavy atom. The van der Waals surface area contributed by atoms with Crippen LogP contribution >= 0.6 is 27.5 Å². The van der Waals surface area contributed by atoms with Gasteiger partial charge in [-0.2, -0.15) is 4.31 Å². The molecule has 2 bridgehead atoms. The molecule has 0 aliphatic carbocycles. The number of hydrogen-bond acceptors (Lipinski definition) is 3. The average molecular weight is 422 g/mol. The molecular weight excluding hydrogens is 404 g/mol. The summed E-state index contributed by atoms with van der Waals surface area (Å²) in [6, 6.07) is 5.12. The Hall–Kier alpha value is -0.630. The summed E-state index contributed by atoms with van der Waals surface area (Å²) in [5, 5.41) is 3.42. The molecule has 2 fully saturated rings. The van der Waals surface area contributed by atoms with Crippen molar-refractivity contribution in [2.75, 3.05) is 6.26 Å². The average Bonchev–Trinajstić information content (AvgIpc) is 2.74. The van der Waals surface area contributed by atoms with Crippen LogP contribution in [0, 0.1) is 0 Å². The Kier molecular flexibility index (Phi) is 4.75. The van der Waals surface area contributed by atoms with Crippen molar-refractivity contribution in [1.82, 2.24) is 9.62 Å². The minimum atomic E-state index is -3.18. The van der Waals surface area contributed by atoms with E-state index in [9.17, 15) is 13.2 Å². The van der Waals surface area contributed by atoms with Gasteiger partial charge in [0.15, 0.2) is 0 Å². The quantitative estimate of drug-likeness (QED) is 0.816. The highest BCUT2D eigenvalue weighted by Crippen LogP contribution is 2.37. The van der Waals surface area contributed by atoms with Gasteiger partial charge in [-0.05, 0) is 43.9 Å². The highest BCUT2D eigenvalue weighted by Gasteiger charge is 2.45. The van der Waals surface area contributed by atoms with Gasteiger partial charge in [-0.15, -0.1) is 0 Å². The van der Waals surface area contributed by atoms with Gasteiger partial charge in [-0.25, -0.2) is 8.42 Å². The Morgan fingerprint density at radius 1 is 1.30 bits per heavy atom. The van der Waals surface area contributed by atoms with Crippen molar-refractivity contribution >= 4 is 43.5 Å². The van der Waals surface area contributed by atoms with Crippen LogP contribution in [0.25, 0.3) is 0 Å². The zero-order chi connectivity index (χ0) is 16.8. The van der Waals surface area contributed by atoms with Crippen LogP contribution in [0.15, 0.2) is 22.7 Å². The number of hydrogen-bond donors (Lipinski definition) is 1. The number of amides is 1. The van der Waals surface area contributed by atoms with Crippen LogP contribution in [-0.4, -0.2) is 43.0 Å². The topological polar surface area (TPSA) is 66.5 Å². The maximum atomic E-state index is 12.4. The van der Waals surface area contributed by atoms with Crippen LogP contribution in [0.1, 0.15) is 36.0 Å². The molecule has 2 saturated heterocycles. The molecule has 1 aromatic rings. The first kappa shape index (κ1) is 17.2. The zero-order valence-corrected chi connectivity index (χ0v) is 15.8. The van der Waals surface area contributed by atoms with Crippen molar-refractivity contribution < 1.29 is 13.2 Å². The lowest BCUT2D eigenvalue weighted by atomic mass is 9.99. The monoisotopic (exact) mass is 420 g/mol. The summed E-state index contributed by atoms with van der Waals surface area (Å²) in [6.45, 7) is 0. The predicted octanol–water partition coefficient (Wildman–Crippen LogP) is 2.79. The second kappa shape index (κ2) is 6.35. The summed E-state index contributed by atoms with van der Waals surface area (Å²) in [6.07, 6.45) is 4.30. The smallest absolute Gasteiger partial charge is 0.253 e. The molecule has 2 atom stereocenters. The van der Waals surface area contributed by atoms with Gasteiger partial charge in [-0.3, -0.25) is 4.79 Å². The van der Waals surface area contributed by atoms with E-state index in [1.54, 1.807) is 22.5 Å². The molecule has 0 radical (unpaired) electrons. The van der Waals surface area contributed by atoms with Gasteiger partial charge >= 0.3 is 0 Å². The summed E-state index contributed by atoms with van der Waals surface area (Å²) in [5.41, 5.74) is 0.430. The predicted molar refractivity (Wildman–Crippen MR) is 93.1 cm³/mol. The number of rotatable bonds is 3. The van der Waals surface area contributed by atoms with E-state index in [1.807, 2.05) is 0 Å². The number of nitrogens with zero attached hydrogens (tertiary/aromatic N) is 1.